The number of nitrogens with zero attached hydrogens (tertiary/aromatic N) is 3. The number of amides is 1. The summed E-state index contributed by atoms with van der Waals surface area (Å²) in [4.78, 5) is 19.1. The number of carbonyl (C=O) groups excluding carboxylic acids is 1. The standard InChI is InChI=1S/C21H20ClFN4O2/c22-16-3-1-14(2-4-16)20-25-19(29-26-20)13-27-11-9-15(10-12-27)21(28)24-18-7-5-17(23)6-8-18/h1-8,15H,9-13H2,(H,24,28). The smallest absolute Gasteiger partial charge is 0.241 e. The van der Waals surface area contributed by atoms with Crippen molar-refractivity contribution in [1.29, 1.82) is 0 Å². The molecule has 8 heteroatoms. The lowest BCUT2D eigenvalue weighted by molar-refractivity contribution is -0.121. The van der Waals surface area contributed by atoms with Gasteiger partial charge in [-0.1, -0.05) is 16.8 Å². The lowest BCUT2D eigenvalue weighted by atomic mass is 9.96. The summed E-state index contributed by atoms with van der Waals surface area (Å²) in [5.41, 5.74) is 1.46. The normalized spacial score (nSPS) is 15.4. The van der Waals surface area contributed by atoms with Gasteiger partial charge in [-0.25, -0.2) is 4.39 Å². The molecule has 0 unspecified atom stereocenters. The zero-order valence-electron chi connectivity index (χ0n) is 15.6. The van der Waals surface area contributed by atoms with E-state index in [-0.39, 0.29) is 17.6 Å². The van der Waals surface area contributed by atoms with Gasteiger partial charge in [-0.3, -0.25) is 9.69 Å². The fraction of sp³-hybridized carbons (Fsp3) is 0.286. The molecular weight excluding hydrogens is 395 g/mol. The minimum absolute atomic E-state index is 0.0286. The van der Waals surface area contributed by atoms with Crippen LogP contribution in [0.4, 0.5) is 10.1 Å². The first kappa shape index (κ1) is 19.5. The van der Waals surface area contributed by atoms with Crippen LogP contribution in [0.25, 0.3) is 11.4 Å². The van der Waals surface area contributed by atoms with E-state index in [4.69, 9.17) is 16.1 Å². The molecule has 1 aliphatic heterocycles. The Morgan fingerprint density at radius 3 is 2.52 bits per heavy atom. The van der Waals surface area contributed by atoms with Crippen molar-refractivity contribution in [2.45, 2.75) is 19.4 Å². The highest BCUT2D eigenvalue weighted by Crippen LogP contribution is 2.22. The minimum Gasteiger partial charge on any atom is -0.338 e. The van der Waals surface area contributed by atoms with Crippen molar-refractivity contribution in [2.24, 2.45) is 5.92 Å². The summed E-state index contributed by atoms with van der Waals surface area (Å²) in [5.74, 6) is 0.661. The maximum atomic E-state index is 13.0. The number of hydrogen-bond acceptors (Lipinski definition) is 5. The molecule has 4 rings (SSSR count). The van der Waals surface area contributed by atoms with Gasteiger partial charge in [0.2, 0.25) is 17.6 Å². The first-order valence-electron chi connectivity index (χ1n) is 9.44. The molecule has 1 fully saturated rings. The van der Waals surface area contributed by atoms with Crippen molar-refractivity contribution in [3.8, 4) is 11.4 Å². The third-order valence-electron chi connectivity index (χ3n) is 5.00. The van der Waals surface area contributed by atoms with Crippen LogP contribution in [-0.2, 0) is 11.3 Å². The molecule has 29 heavy (non-hydrogen) atoms. The van der Waals surface area contributed by atoms with Gasteiger partial charge in [-0.2, -0.15) is 4.98 Å². The third-order valence-corrected chi connectivity index (χ3v) is 5.25. The summed E-state index contributed by atoms with van der Waals surface area (Å²) < 4.78 is 18.3. The molecule has 150 valence electrons. The van der Waals surface area contributed by atoms with Crippen LogP contribution in [-0.4, -0.2) is 34.0 Å². The SMILES string of the molecule is O=C(Nc1ccc(F)cc1)C1CCN(Cc2nc(-c3ccc(Cl)cc3)no2)CC1. The van der Waals surface area contributed by atoms with E-state index in [1.54, 1.807) is 24.3 Å². The first-order valence-corrected chi connectivity index (χ1v) is 9.82. The quantitative estimate of drug-likeness (QED) is 0.670. The summed E-state index contributed by atoms with van der Waals surface area (Å²) in [6, 6.07) is 13.1. The minimum atomic E-state index is -0.323. The Morgan fingerprint density at radius 2 is 1.83 bits per heavy atom. The van der Waals surface area contributed by atoms with E-state index < -0.39 is 0 Å². The highest BCUT2D eigenvalue weighted by Gasteiger charge is 2.26. The van der Waals surface area contributed by atoms with Gasteiger partial charge >= 0.3 is 0 Å². The maximum absolute atomic E-state index is 13.0. The van der Waals surface area contributed by atoms with Gasteiger partial charge in [0.1, 0.15) is 5.82 Å². The molecule has 1 aromatic heterocycles. The molecule has 1 amide bonds. The molecule has 1 N–H and O–H groups in total. The van der Waals surface area contributed by atoms with Crippen LogP contribution in [0.5, 0.6) is 0 Å². The Kier molecular flexibility index (Phi) is 5.87. The Hall–Kier alpha value is -2.77. The summed E-state index contributed by atoms with van der Waals surface area (Å²) >= 11 is 5.90. The van der Waals surface area contributed by atoms with E-state index >= 15 is 0 Å². The van der Waals surface area contributed by atoms with Crippen LogP contribution < -0.4 is 5.32 Å². The van der Waals surface area contributed by atoms with Gasteiger partial charge in [-0.15, -0.1) is 0 Å². The molecule has 0 aliphatic carbocycles. The highest BCUT2D eigenvalue weighted by atomic mass is 35.5. The Labute approximate surface area is 172 Å². The molecule has 0 atom stereocenters. The second-order valence-electron chi connectivity index (χ2n) is 7.07. The monoisotopic (exact) mass is 414 g/mol. The van der Waals surface area contributed by atoms with Gasteiger partial charge in [-0.05, 0) is 74.5 Å². The van der Waals surface area contributed by atoms with Crippen LogP contribution >= 0.6 is 11.6 Å². The summed E-state index contributed by atoms with van der Waals surface area (Å²) in [6.45, 7) is 2.08. The number of anilines is 1. The zero-order chi connectivity index (χ0) is 20.2. The number of aromatic nitrogens is 2. The van der Waals surface area contributed by atoms with Gasteiger partial charge in [0.15, 0.2) is 0 Å². The first-order chi connectivity index (χ1) is 14.1. The van der Waals surface area contributed by atoms with Crippen LogP contribution in [0.1, 0.15) is 18.7 Å². The predicted octanol–water partition coefficient (Wildman–Crippen LogP) is 4.38. The molecular formula is C21H20ClFN4O2. The Bertz CT molecular complexity index is 967. The molecule has 0 bridgehead atoms. The van der Waals surface area contributed by atoms with Crippen molar-refractivity contribution in [2.75, 3.05) is 18.4 Å². The number of hydrogen-bond donors (Lipinski definition) is 1. The largest absolute Gasteiger partial charge is 0.338 e. The van der Waals surface area contributed by atoms with Crippen molar-refractivity contribution < 1.29 is 13.7 Å². The zero-order valence-corrected chi connectivity index (χ0v) is 16.4. The molecule has 0 saturated carbocycles. The molecule has 1 saturated heterocycles. The van der Waals surface area contributed by atoms with Crippen LogP contribution in [0.15, 0.2) is 53.1 Å². The number of halogens is 2. The lowest BCUT2D eigenvalue weighted by Crippen LogP contribution is -2.37. The van der Waals surface area contributed by atoms with E-state index in [0.717, 1.165) is 31.5 Å². The van der Waals surface area contributed by atoms with Crippen molar-refractivity contribution >= 4 is 23.2 Å². The van der Waals surface area contributed by atoms with Crippen LogP contribution in [0.2, 0.25) is 5.02 Å². The average molecular weight is 415 g/mol. The van der Waals surface area contributed by atoms with Gasteiger partial charge in [0, 0.05) is 22.2 Å². The second kappa shape index (κ2) is 8.71. The van der Waals surface area contributed by atoms with Gasteiger partial charge in [0.25, 0.3) is 0 Å². The van der Waals surface area contributed by atoms with E-state index in [0.29, 0.717) is 29.0 Å². The van der Waals surface area contributed by atoms with E-state index in [1.807, 2.05) is 12.1 Å². The number of likely N-dealkylation sites (tertiary alicyclic amines) is 1. The fourth-order valence-corrected chi connectivity index (χ4v) is 3.48. The Morgan fingerprint density at radius 1 is 1.14 bits per heavy atom. The average Bonchev–Trinajstić information content (AvgIpc) is 3.19. The van der Waals surface area contributed by atoms with Gasteiger partial charge < -0.3 is 9.84 Å². The molecule has 3 aromatic rings. The number of piperidine rings is 1. The molecule has 2 heterocycles. The van der Waals surface area contributed by atoms with Gasteiger partial charge in [0.05, 0.1) is 6.54 Å². The van der Waals surface area contributed by atoms with Crippen molar-refractivity contribution in [3.63, 3.8) is 0 Å². The number of rotatable bonds is 5. The summed E-state index contributed by atoms with van der Waals surface area (Å²) in [6.07, 6.45) is 1.48. The maximum Gasteiger partial charge on any atom is 0.241 e. The van der Waals surface area contributed by atoms with E-state index in [2.05, 4.69) is 20.4 Å². The fourth-order valence-electron chi connectivity index (χ4n) is 3.36. The van der Waals surface area contributed by atoms with Crippen molar-refractivity contribution in [1.82, 2.24) is 15.0 Å². The molecule has 0 spiro atoms. The Balaban J connectivity index is 1.28. The number of nitrogens with one attached hydrogen (secondary N) is 1. The third kappa shape index (κ3) is 4.99. The van der Waals surface area contributed by atoms with Crippen LogP contribution in [0.3, 0.4) is 0 Å². The predicted molar refractivity (Wildman–Crippen MR) is 108 cm³/mol. The van der Waals surface area contributed by atoms with Crippen molar-refractivity contribution in [3.05, 3.63) is 65.3 Å². The lowest BCUT2D eigenvalue weighted by Gasteiger charge is -2.30. The molecule has 1 aliphatic rings. The molecule has 2 aromatic carbocycles. The topological polar surface area (TPSA) is 71.3 Å². The molecule has 0 radical (unpaired) electrons. The summed E-state index contributed by atoms with van der Waals surface area (Å²) in [7, 11) is 0. The summed E-state index contributed by atoms with van der Waals surface area (Å²) in [5, 5.41) is 7.54. The molecule has 6 nitrogen and oxygen atoms in total. The number of benzene rings is 2. The van der Waals surface area contributed by atoms with E-state index in [9.17, 15) is 9.18 Å². The van der Waals surface area contributed by atoms with E-state index in [1.165, 1.54) is 12.1 Å². The number of carbonyl (C=O) groups is 1. The van der Waals surface area contributed by atoms with Crippen LogP contribution in [0, 0.1) is 11.7 Å². The highest BCUT2D eigenvalue weighted by molar-refractivity contribution is 6.30. The second-order valence-corrected chi connectivity index (χ2v) is 7.50.